The molecule has 0 aromatic heterocycles. The van der Waals surface area contributed by atoms with E-state index in [9.17, 15) is 18.8 Å². The molecule has 9 heteroatoms. The Balaban J connectivity index is 1.65. The Hall–Kier alpha value is -3.98. The van der Waals surface area contributed by atoms with Gasteiger partial charge in [0.05, 0.1) is 16.8 Å². The van der Waals surface area contributed by atoms with Gasteiger partial charge < -0.3 is 9.47 Å². The van der Waals surface area contributed by atoms with Gasteiger partial charge in [0.25, 0.3) is 11.8 Å². The van der Waals surface area contributed by atoms with Crippen LogP contribution in [0.4, 0.5) is 14.9 Å². The minimum Gasteiger partial charge on any atom is -0.490 e. The Morgan fingerprint density at radius 1 is 0.973 bits per heavy atom. The van der Waals surface area contributed by atoms with Gasteiger partial charge in [-0.3, -0.25) is 14.9 Å². The number of hydrogen-bond acceptors (Lipinski definition) is 5. The molecule has 0 aliphatic carbocycles. The van der Waals surface area contributed by atoms with E-state index in [1.165, 1.54) is 18.2 Å². The predicted molar refractivity (Wildman–Crippen MR) is 141 cm³/mol. The predicted octanol–water partition coefficient (Wildman–Crippen LogP) is 5.79. The first-order chi connectivity index (χ1) is 17.8. The molecule has 37 heavy (non-hydrogen) atoms. The van der Waals surface area contributed by atoms with Crippen molar-refractivity contribution in [3.05, 3.63) is 93.2 Å². The summed E-state index contributed by atoms with van der Waals surface area (Å²) in [5.41, 5.74) is 2.31. The Morgan fingerprint density at radius 2 is 1.73 bits per heavy atom. The van der Waals surface area contributed by atoms with Gasteiger partial charge in [-0.1, -0.05) is 31.2 Å². The third-order valence-electron chi connectivity index (χ3n) is 5.62. The van der Waals surface area contributed by atoms with Crippen LogP contribution in [0.1, 0.15) is 30.5 Å². The average molecular weight is 567 g/mol. The highest BCUT2D eigenvalue weighted by Gasteiger charge is 2.36. The quantitative estimate of drug-likeness (QED) is 0.275. The number of hydrogen-bond donors (Lipinski definition) is 1. The number of amides is 4. The van der Waals surface area contributed by atoms with Gasteiger partial charge in [0.15, 0.2) is 11.5 Å². The molecule has 3 aromatic rings. The smallest absolute Gasteiger partial charge is 0.335 e. The van der Waals surface area contributed by atoms with Crippen LogP contribution in [0.25, 0.3) is 6.08 Å². The molecular weight excluding hydrogens is 543 g/mol. The first-order valence-electron chi connectivity index (χ1n) is 11.6. The van der Waals surface area contributed by atoms with E-state index in [2.05, 4.69) is 21.2 Å². The van der Waals surface area contributed by atoms with Gasteiger partial charge in [-0.05, 0) is 88.4 Å². The molecule has 3 aromatic carbocycles. The molecule has 190 valence electrons. The summed E-state index contributed by atoms with van der Waals surface area (Å²) in [5, 5.41) is 2.23. The van der Waals surface area contributed by atoms with E-state index >= 15 is 0 Å². The van der Waals surface area contributed by atoms with Crippen molar-refractivity contribution in [3.63, 3.8) is 0 Å². The number of benzene rings is 3. The third-order valence-corrected chi connectivity index (χ3v) is 6.21. The van der Waals surface area contributed by atoms with E-state index in [1.54, 1.807) is 43.3 Å². The van der Waals surface area contributed by atoms with Gasteiger partial charge >= 0.3 is 6.03 Å². The molecule has 1 aliphatic rings. The van der Waals surface area contributed by atoms with Crippen molar-refractivity contribution in [3.8, 4) is 11.5 Å². The van der Waals surface area contributed by atoms with Crippen LogP contribution in [0.2, 0.25) is 0 Å². The second kappa shape index (κ2) is 11.4. The van der Waals surface area contributed by atoms with Crippen LogP contribution < -0.4 is 19.7 Å². The normalized spacial score (nSPS) is 14.6. The van der Waals surface area contributed by atoms with E-state index in [0.29, 0.717) is 39.4 Å². The highest BCUT2D eigenvalue weighted by molar-refractivity contribution is 9.10. The highest BCUT2D eigenvalue weighted by Crippen LogP contribution is 2.38. The molecule has 1 saturated heterocycles. The molecule has 0 unspecified atom stereocenters. The van der Waals surface area contributed by atoms with Crippen molar-refractivity contribution in [1.82, 2.24) is 5.32 Å². The fourth-order valence-corrected chi connectivity index (χ4v) is 4.37. The Kier molecular flexibility index (Phi) is 8.03. The van der Waals surface area contributed by atoms with E-state index in [1.807, 2.05) is 19.1 Å². The Morgan fingerprint density at radius 3 is 2.41 bits per heavy atom. The molecule has 0 bridgehead atoms. The molecular formula is C28H24BrFN2O5. The van der Waals surface area contributed by atoms with Crippen LogP contribution in [-0.4, -0.2) is 24.5 Å². The summed E-state index contributed by atoms with van der Waals surface area (Å²) in [4.78, 5) is 39.3. The summed E-state index contributed by atoms with van der Waals surface area (Å²) in [7, 11) is 0. The first kappa shape index (κ1) is 26.1. The van der Waals surface area contributed by atoms with Crippen molar-refractivity contribution >= 4 is 45.5 Å². The monoisotopic (exact) mass is 566 g/mol. The van der Waals surface area contributed by atoms with Gasteiger partial charge in [-0.15, -0.1) is 0 Å². The standard InChI is InChI=1S/C28H24BrFN2O5/c1-3-17-8-10-21(11-9-17)32-27(34)22(26(33)31-28(32)35)13-19-14-23(29)25(24(15-19)36-4-2)37-16-18-6-5-7-20(30)12-18/h5-15H,3-4,16H2,1-2H3,(H,31,33,35)/b22-13-. The van der Waals surface area contributed by atoms with Gasteiger partial charge in [0.2, 0.25) is 0 Å². The van der Waals surface area contributed by atoms with E-state index in [-0.39, 0.29) is 18.0 Å². The lowest BCUT2D eigenvalue weighted by molar-refractivity contribution is -0.122. The van der Waals surface area contributed by atoms with Crippen LogP contribution in [0, 0.1) is 5.82 Å². The molecule has 4 amide bonds. The maximum atomic E-state index is 13.5. The summed E-state index contributed by atoms with van der Waals surface area (Å²) in [6.45, 7) is 4.24. The number of nitrogens with zero attached hydrogens (tertiary/aromatic N) is 1. The first-order valence-corrected chi connectivity index (χ1v) is 12.4. The number of aryl methyl sites for hydroxylation is 1. The second-order valence-electron chi connectivity index (χ2n) is 8.16. The number of ether oxygens (including phenoxy) is 2. The van der Waals surface area contributed by atoms with Gasteiger partial charge in [0.1, 0.15) is 18.0 Å². The SMILES string of the molecule is CCOc1cc(/C=C2/C(=O)NC(=O)N(c3ccc(CC)cc3)C2=O)cc(Br)c1OCc1cccc(F)c1. The molecule has 0 spiro atoms. The van der Waals surface area contributed by atoms with Crippen molar-refractivity contribution in [2.45, 2.75) is 26.9 Å². The maximum Gasteiger partial charge on any atom is 0.335 e. The van der Waals surface area contributed by atoms with Crippen LogP contribution in [0.15, 0.2) is 70.7 Å². The van der Waals surface area contributed by atoms with Crippen LogP contribution in [0.5, 0.6) is 11.5 Å². The molecule has 0 saturated carbocycles. The molecule has 1 heterocycles. The van der Waals surface area contributed by atoms with Crippen molar-refractivity contribution in [1.29, 1.82) is 0 Å². The summed E-state index contributed by atoms with van der Waals surface area (Å²) in [5.74, 6) is -1.14. The molecule has 0 atom stereocenters. The largest absolute Gasteiger partial charge is 0.490 e. The van der Waals surface area contributed by atoms with Crippen LogP contribution in [-0.2, 0) is 22.6 Å². The summed E-state index contributed by atoms with van der Waals surface area (Å²) >= 11 is 3.46. The minimum atomic E-state index is -0.811. The average Bonchev–Trinajstić information content (AvgIpc) is 2.86. The van der Waals surface area contributed by atoms with Crippen molar-refractivity contribution in [2.75, 3.05) is 11.5 Å². The Bertz CT molecular complexity index is 1390. The topological polar surface area (TPSA) is 84.9 Å². The van der Waals surface area contributed by atoms with Gasteiger partial charge in [-0.25, -0.2) is 14.1 Å². The molecule has 1 N–H and O–H groups in total. The zero-order valence-corrected chi connectivity index (χ0v) is 21.8. The maximum absolute atomic E-state index is 13.5. The number of barbiturate groups is 1. The zero-order valence-electron chi connectivity index (χ0n) is 20.2. The number of rotatable bonds is 8. The number of carbonyl (C=O) groups is 3. The van der Waals surface area contributed by atoms with E-state index in [4.69, 9.17) is 9.47 Å². The number of urea groups is 1. The van der Waals surface area contributed by atoms with Crippen molar-refractivity contribution < 1.29 is 28.2 Å². The molecule has 4 rings (SSSR count). The minimum absolute atomic E-state index is 0.103. The van der Waals surface area contributed by atoms with Gasteiger partial charge in [-0.2, -0.15) is 0 Å². The number of anilines is 1. The lowest BCUT2D eigenvalue weighted by atomic mass is 10.1. The van der Waals surface area contributed by atoms with Crippen LogP contribution >= 0.6 is 15.9 Å². The lowest BCUT2D eigenvalue weighted by Crippen LogP contribution is -2.54. The fourth-order valence-electron chi connectivity index (χ4n) is 3.80. The number of halogens is 2. The molecule has 1 aliphatic heterocycles. The van der Waals surface area contributed by atoms with E-state index in [0.717, 1.165) is 16.9 Å². The second-order valence-corrected chi connectivity index (χ2v) is 9.01. The number of imide groups is 2. The molecule has 7 nitrogen and oxygen atoms in total. The third kappa shape index (κ3) is 5.89. The zero-order chi connectivity index (χ0) is 26.5. The summed E-state index contributed by atoms with van der Waals surface area (Å²) < 4.78 is 25.7. The lowest BCUT2D eigenvalue weighted by Gasteiger charge is -2.26. The highest BCUT2D eigenvalue weighted by atomic mass is 79.9. The summed E-state index contributed by atoms with van der Waals surface area (Å²) in [6.07, 6.45) is 2.20. The fraction of sp³-hybridized carbons (Fsp3) is 0.179. The number of carbonyl (C=O) groups excluding carboxylic acids is 3. The molecule has 1 fully saturated rings. The summed E-state index contributed by atoms with van der Waals surface area (Å²) in [6, 6.07) is 15.5. The van der Waals surface area contributed by atoms with Crippen LogP contribution in [0.3, 0.4) is 0 Å². The Labute approximate surface area is 222 Å². The van der Waals surface area contributed by atoms with Gasteiger partial charge in [0, 0.05) is 0 Å². The van der Waals surface area contributed by atoms with E-state index < -0.39 is 17.8 Å². The number of nitrogens with one attached hydrogen (secondary N) is 1. The molecule has 0 radical (unpaired) electrons. The van der Waals surface area contributed by atoms with Crippen molar-refractivity contribution in [2.24, 2.45) is 0 Å².